The zero-order chi connectivity index (χ0) is 25.7. The van der Waals surface area contributed by atoms with Gasteiger partial charge in [0.2, 0.25) is 0 Å². The number of hydrogen-bond donors (Lipinski definition) is 0. The molecule has 0 heterocycles. The number of carbonyl (C=O) groups is 4. The van der Waals surface area contributed by atoms with E-state index < -0.39 is 29.1 Å². The van der Waals surface area contributed by atoms with E-state index >= 15 is 0 Å². The number of ether oxygens (including phenoxy) is 1. The van der Waals surface area contributed by atoms with E-state index in [1.807, 2.05) is 42.5 Å². The van der Waals surface area contributed by atoms with Crippen molar-refractivity contribution in [3.8, 4) is 0 Å². The van der Waals surface area contributed by atoms with Gasteiger partial charge in [-0.15, -0.1) is 0 Å². The van der Waals surface area contributed by atoms with Gasteiger partial charge in [0.1, 0.15) is 11.2 Å². The maximum absolute atomic E-state index is 14.0. The first kappa shape index (κ1) is 25.2. The molecule has 0 N–H and O–H groups in total. The average molecular weight is 483 g/mol. The van der Waals surface area contributed by atoms with E-state index in [2.05, 4.69) is 0 Å². The minimum atomic E-state index is -1.58. The van der Waals surface area contributed by atoms with Gasteiger partial charge in [0.25, 0.3) is 0 Å². The number of Topliss-reactive ketones (excluding diaryl/α,β-unsaturated/α-hetero) is 3. The lowest BCUT2D eigenvalue weighted by atomic mass is 9.55. The second-order valence-electron chi connectivity index (χ2n) is 9.38. The van der Waals surface area contributed by atoms with Crippen LogP contribution in [0, 0.1) is 17.3 Å². The molecular weight excluding hydrogens is 452 g/mol. The second kappa shape index (κ2) is 10.8. The minimum absolute atomic E-state index is 0.00692. The molecule has 0 spiro atoms. The van der Waals surface area contributed by atoms with Crippen molar-refractivity contribution in [2.45, 2.75) is 32.6 Å². The van der Waals surface area contributed by atoms with Crippen LogP contribution < -0.4 is 0 Å². The van der Waals surface area contributed by atoms with Crippen molar-refractivity contribution in [3.63, 3.8) is 0 Å². The van der Waals surface area contributed by atoms with Gasteiger partial charge < -0.3 is 4.74 Å². The fourth-order valence-electron chi connectivity index (χ4n) is 5.52. The smallest absolute Gasteiger partial charge is 0.319 e. The Hall–Kier alpha value is -3.86. The molecule has 0 aromatic heterocycles. The summed E-state index contributed by atoms with van der Waals surface area (Å²) in [5.41, 5.74) is 0.225. The van der Waals surface area contributed by atoms with E-state index in [-0.39, 0.29) is 36.8 Å². The number of carbonyl (C=O) groups excluding carboxylic acids is 4. The highest BCUT2D eigenvalue weighted by atomic mass is 16.5. The molecule has 0 bridgehead atoms. The molecule has 5 heteroatoms. The van der Waals surface area contributed by atoms with Gasteiger partial charge in [-0.1, -0.05) is 91.0 Å². The number of esters is 1. The summed E-state index contributed by atoms with van der Waals surface area (Å²) in [5, 5.41) is 0. The van der Waals surface area contributed by atoms with E-state index in [0.29, 0.717) is 11.1 Å². The van der Waals surface area contributed by atoms with Crippen LogP contribution >= 0.6 is 0 Å². The fraction of sp³-hybridized carbons (Fsp3) is 0.290. The SMILES string of the molecule is CCOC(=O)C1(C(C)=O)CC(C(=O)c2ccccc2)C(c2ccccc2)C(C(=O)c2ccccc2)C1. The lowest BCUT2D eigenvalue weighted by Gasteiger charge is -2.45. The summed E-state index contributed by atoms with van der Waals surface area (Å²) in [6, 6.07) is 27.1. The van der Waals surface area contributed by atoms with Gasteiger partial charge in [0.15, 0.2) is 11.6 Å². The Labute approximate surface area is 211 Å². The van der Waals surface area contributed by atoms with Gasteiger partial charge in [-0.25, -0.2) is 0 Å². The molecule has 5 nitrogen and oxygen atoms in total. The first-order valence-corrected chi connectivity index (χ1v) is 12.3. The number of rotatable bonds is 8. The van der Waals surface area contributed by atoms with Crippen molar-refractivity contribution >= 4 is 23.3 Å². The van der Waals surface area contributed by atoms with Gasteiger partial charge in [0.05, 0.1) is 6.61 Å². The van der Waals surface area contributed by atoms with Gasteiger partial charge in [-0.05, 0) is 32.3 Å². The second-order valence-corrected chi connectivity index (χ2v) is 9.38. The van der Waals surface area contributed by atoms with Gasteiger partial charge in [-0.2, -0.15) is 0 Å². The quantitative estimate of drug-likeness (QED) is 0.234. The van der Waals surface area contributed by atoms with Crippen molar-refractivity contribution in [2.75, 3.05) is 6.61 Å². The first-order valence-electron chi connectivity index (χ1n) is 12.3. The van der Waals surface area contributed by atoms with E-state index in [0.717, 1.165) is 5.56 Å². The van der Waals surface area contributed by atoms with Gasteiger partial charge >= 0.3 is 5.97 Å². The third kappa shape index (κ3) is 4.78. The lowest BCUT2D eigenvalue weighted by Crippen LogP contribution is -2.51. The topological polar surface area (TPSA) is 77.5 Å². The molecule has 3 aromatic rings. The van der Waals surface area contributed by atoms with E-state index in [1.165, 1.54) is 6.92 Å². The van der Waals surface area contributed by atoms with Crippen LogP contribution in [0.4, 0.5) is 0 Å². The predicted molar refractivity (Wildman–Crippen MR) is 137 cm³/mol. The fourth-order valence-corrected chi connectivity index (χ4v) is 5.52. The molecule has 1 saturated carbocycles. The molecule has 1 fully saturated rings. The summed E-state index contributed by atoms with van der Waals surface area (Å²) in [4.78, 5) is 54.5. The Morgan fingerprint density at radius 1 is 0.722 bits per heavy atom. The van der Waals surface area contributed by atoms with Crippen LogP contribution in [0.15, 0.2) is 91.0 Å². The van der Waals surface area contributed by atoms with Crippen molar-refractivity contribution < 1.29 is 23.9 Å². The Kier molecular flexibility index (Phi) is 7.58. The van der Waals surface area contributed by atoms with Gasteiger partial charge in [-0.3, -0.25) is 19.2 Å². The zero-order valence-electron chi connectivity index (χ0n) is 20.6. The molecule has 0 saturated heterocycles. The molecule has 1 aliphatic carbocycles. The standard InChI is InChI=1S/C31H30O5/c1-3-36-30(35)31(21(2)32)19-25(28(33)23-15-9-5-10-16-23)27(22-13-7-4-8-14-22)26(20-31)29(34)24-17-11-6-12-18-24/h4-18,25-27H,3,19-20H2,1-2H3. The summed E-state index contributed by atoms with van der Waals surface area (Å²) < 4.78 is 5.37. The molecule has 1 aliphatic rings. The first-order chi connectivity index (χ1) is 17.4. The normalized spacial score (nSPS) is 23.4. The molecule has 3 aromatic carbocycles. The number of benzene rings is 3. The highest BCUT2D eigenvalue weighted by Crippen LogP contribution is 2.53. The van der Waals surface area contributed by atoms with Crippen molar-refractivity contribution in [1.82, 2.24) is 0 Å². The molecule has 2 unspecified atom stereocenters. The van der Waals surface area contributed by atoms with E-state index in [4.69, 9.17) is 4.74 Å². The minimum Gasteiger partial charge on any atom is -0.465 e. The Bertz CT molecular complexity index is 1170. The Morgan fingerprint density at radius 3 is 1.53 bits per heavy atom. The monoisotopic (exact) mass is 482 g/mol. The van der Waals surface area contributed by atoms with Crippen LogP contribution in [0.1, 0.15) is 58.9 Å². The summed E-state index contributed by atoms with van der Waals surface area (Å²) in [6.07, 6.45) is -0.0138. The van der Waals surface area contributed by atoms with Crippen LogP contribution in [0.25, 0.3) is 0 Å². The highest BCUT2D eigenvalue weighted by molar-refractivity contribution is 6.07. The van der Waals surface area contributed by atoms with Crippen molar-refractivity contribution in [1.29, 1.82) is 0 Å². The summed E-state index contributed by atoms with van der Waals surface area (Å²) in [7, 11) is 0. The van der Waals surface area contributed by atoms with E-state index in [1.54, 1.807) is 55.5 Å². The summed E-state index contributed by atoms with van der Waals surface area (Å²) in [6.45, 7) is 3.14. The van der Waals surface area contributed by atoms with E-state index in [9.17, 15) is 19.2 Å². The van der Waals surface area contributed by atoms with Gasteiger partial charge in [0, 0.05) is 28.9 Å². The molecule has 0 aliphatic heterocycles. The van der Waals surface area contributed by atoms with Crippen LogP contribution in [-0.2, 0) is 14.3 Å². The molecule has 0 radical (unpaired) electrons. The summed E-state index contributed by atoms with van der Waals surface area (Å²) >= 11 is 0. The largest absolute Gasteiger partial charge is 0.465 e. The average Bonchev–Trinajstić information content (AvgIpc) is 2.93. The molecule has 0 amide bonds. The summed E-state index contributed by atoms with van der Waals surface area (Å²) in [5.74, 6) is -3.47. The third-order valence-electron chi connectivity index (χ3n) is 7.32. The van der Waals surface area contributed by atoms with Crippen LogP contribution in [0.3, 0.4) is 0 Å². The highest BCUT2D eigenvalue weighted by Gasteiger charge is 2.57. The Balaban J connectivity index is 1.92. The molecule has 2 atom stereocenters. The van der Waals surface area contributed by atoms with Crippen molar-refractivity contribution in [2.24, 2.45) is 17.3 Å². The van der Waals surface area contributed by atoms with Crippen LogP contribution in [0.5, 0.6) is 0 Å². The molecular formula is C31H30O5. The predicted octanol–water partition coefficient (Wildman–Crippen LogP) is 5.70. The number of hydrogen-bond acceptors (Lipinski definition) is 5. The molecule has 36 heavy (non-hydrogen) atoms. The maximum Gasteiger partial charge on any atom is 0.319 e. The van der Waals surface area contributed by atoms with Crippen LogP contribution in [0.2, 0.25) is 0 Å². The third-order valence-corrected chi connectivity index (χ3v) is 7.32. The Morgan fingerprint density at radius 2 is 1.14 bits per heavy atom. The lowest BCUT2D eigenvalue weighted by molar-refractivity contribution is -0.163. The zero-order valence-corrected chi connectivity index (χ0v) is 20.6. The molecule has 184 valence electrons. The maximum atomic E-state index is 14.0. The van der Waals surface area contributed by atoms with Crippen LogP contribution in [-0.4, -0.2) is 29.9 Å². The van der Waals surface area contributed by atoms with Crippen molar-refractivity contribution in [3.05, 3.63) is 108 Å². The number of ketones is 3. The molecule has 4 rings (SSSR count).